The summed E-state index contributed by atoms with van der Waals surface area (Å²) in [5.41, 5.74) is -0.422. The lowest BCUT2D eigenvalue weighted by Gasteiger charge is -2.12. The van der Waals surface area contributed by atoms with E-state index in [1.165, 1.54) is 18.2 Å². The van der Waals surface area contributed by atoms with Gasteiger partial charge in [-0.2, -0.15) is 0 Å². The van der Waals surface area contributed by atoms with Crippen LogP contribution in [0.1, 0.15) is 6.42 Å². The fourth-order valence-electron chi connectivity index (χ4n) is 1.20. The lowest BCUT2D eigenvalue weighted by molar-refractivity contribution is -0.386. The highest BCUT2D eigenvalue weighted by Gasteiger charge is 2.26. The van der Waals surface area contributed by atoms with E-state index in [1.54, 1.807) is 0 Å². The molecule has 2 N–H and O–H groups in total. The van der Waals surface area contributed by atoms with Crippen LogP contribution in [0.3, 0.4) is 0 Å². The van der Waals surface area contributed by atoms with Gasteiger partial charge in [0.1, 0.15) is 0 Å². The third kappa shape index (κ3) is 3.44. The van der Waals surface area contributed by atoms with Crippen molar-refractivity contribution >= 4 is 17.6 Å². The van der Waals surface area contributed by atoms with Gasteiger partial charge in [-0.1, -0.05) is 12.1 Å². The fourth-order valence-corrected chi connectivity index (χ4v) is 1.20. The summed E-state index contributed by atoms with van der Waals surface area (Å²) < 4.78 is 4.86. The van der Waals surface area contributed by atoms with Crippen LogP contribution < -0.4 is 4.74 Å². The standard InChI is InChI=1S/C10H9NO7/c12-9(13)5-8(10(14)15)18-7-4-2-1-3-6(7)11(16)17/h1-4,8H,5H2,(H,12,13)(H,14,15). The van der Waals surface area contributed by atoms with E-state index in [1.807, 2.05) is 0 Å². The highest BCUT2D eigenvalue weighted by molar-refractivity contribution is 5.80. The number of hydrogen-bond acceptors (Lipinski definition) is 5. The Balaban J connectivity index is 2.97. The van der Waals surface area contributed by atoms with Crippen LogP contribution in [-0.2, 0) is 9.59 Å². The minimum atomic E-state index is -1.68. The predicted octanol–water partition coefficient (Wildman–Crippen LogP) is 0.902. The average molecular weight is 255 g/mol. The Labute approximate surface area is 101 Å². The van der Waals surface area contributed by atoms with Crippen LogP contribution >= 0.6 is 0 Å². The monoisotopic (exact) mass is 255 g/mol. The molecule has 1 unspecified atom stereocenters. The molecule has 0 fully saturated rings. The lowest BCUT2D eigenvalue weighted by Crippen LogP contribution is -2.29. The van der Waals surface area contributed by atoms with Gasteiger partial charge in [-0.15, -0.1) is 0 Å². The molecule has 1 atom stereocenters. The van der Waals surface area contributed by atoms with E-state index >= 15 is 0 Å². The Morgan fingerprint density at radius 3 is 2.44 bits per heavy atom. The van der Waals surface area contributed by atoms with Gasteiger partial charge in [0.25, 0.3) is 0 Å². The molecule has 0 heterocycles. The Morgan fingerprint density at radius 2 is 1.94 bits per heavy atom. The van der Waals surface area contributed by atoms with Gasteiger partial charge in [0.05, 0.1) is 11.3 Å². The molecule has 0 aromatic heterocycles. The van der Waals surface area contributed by atoms with Crippen LogP contribution in [-0.4, -0.2) is 33.2 Å². The fraction of sp³-hybridized carbons (Fsp3) is 0.200. The van der Waals surface area contributed by atoms with Crippen LogP contribution in [0.25, 0.3) is 0 Å². The first-order valence-electron chi connectivity index (χ1n) is 4.76. The van der Waals surface area contributed by atoms with Crippen LogP contribution in [0.4, 0.5) is 5.69 Å². The summed E-state index contributed by atoms with van der Waals surface area (Å²) in [7, 11) is 0. The van der Waals surface area contributed by atoms with Gasteiger partial charge >= 0.3 is 17.6 Å². The molecule has 1 rings (SSSR count). The number of nitrogens with zero attached hydrogens (tertiary/aromatic N) is 1. The Bertz CT molecular complexity index is 485. The number of ether oxygens (including phenoxy) is 1. The summed E-state index contributed by atoms with van der Waals surface area (Å²) >= 11 is 0. The predicted molar refractivity (Wildman–Crippen MR) is 57.4 cm³/mol. The molecule has 8 nitrogen and oxygen atoms in total. The number of aliphatic carboxylic acids is 2. The minimum absolute atomic E-state index is 0.281. The number of nitro groups is 1. The van der Waals surface area contributed by atoms with E-state index in [0.29, 0.717) is 0 Å². The van der Waals surface area contributed by atoms with Crippen molar-refractivity contribution in [1.29, 1.82) is 0 Å². The topological polar surface area (TPSA) is 127 Å². The molecule has 18 heavy (non-hydrogen) atoms. The quantitative estimate of drug-likeness (QED) is 0.570. The summed E-state index contributed by atoms with van der Waals surface area (Å²) in [6.45, 7) is 0. The minimum Gasteiger partial charge on any atom is -0.481 e. The number of carboxylic acids is 2. The molecule has 8 heteroatoms. The summed E-state index contributed by atoms with van der Waals surface area (Å²) in [5, 5.41) is 27.9. The van der Waals surface area contributed by atoms with Crippen molar-refractivity contribution in [2.75, 3.05) is 0 Å². The third-order valence-electron chi connectivity index (χ3n) is 1.97. The first-order valence-corrected chi connectivity index (χ1v) is 4.76. The van der Waals surface area contributed by atoms with Crippen molar-refractivity contribution in [3.63, 3.8) is 0 Å². The van der Waals surface area contributed by atoms with Crippen LogP contribution in [0.2, 0.25) is 0 Å². The zero-order chi connectivity index (χ0) is 13.7. The van der Waals surface area contributed by atoms with E-state index in [-0.39, 0.29) is 5.75 Å². The normalized spacial score (nSPS) is 11.6. The molecule has 0 spiro atoms. The zero-order valence-corrected chi connectivity index (χ0v) is 8.98. The van der Waals surface area contributed by atoms with Gasteiger partial charge < -0.3 is 14.9 Å². The molecular formula is C10H9NO7. The number of hydrogen-bond donors (Lipinski definition) is 2. The molecule has 1 aromatic rings. The van der Waals surface area contributed by atoms with E-state index in [2.05, 4.69) is 0 Å². The summed E-state index contributed by atoms with van der Waals surface area (Å²) in [6, 6.07) is 5.14. The molecule has 1 aromatic carbocycles. The zero-order valence-electron chi connectivity index (χ0n) is 8.98. The second-order valence-electron chi connectivity index (χ2n) is 3.27. The molecule has 0 saturated carbocycles. The van der Waals surface area contributed by atoms with E-state index in [4.69, 9.17) is 14.9 Å². The Kier molecular flexibility index (Phi) is 4.19. The number of carbonyl (C=O) groups is 2. The molecule has 96 valence electrons. The van der Waals surface area contributed by atoms with Crippen LogP contribution in [0.15, 0.2) is 24.3 Å². The Morgan fingerprint density at radius 1 is 1.33 bits per heavy atom. The molecular weight excluding hydrogens is 246 g/mol. The first kappa shape index (κ1) is 13.4. The highest BCUT2D eigenvalue weighted by atomic mass is 16.6. The summed E-state index contributed by atoms with van der Waals surface area (Å²) in [5.74, 6) is -3.16. The molecule has 0 radical (unpaired) electrons. The summed E-state index contributed by atoms with van der Waals surface area (Å²) in [6.07, 6.45) is -2.47. The van der Waals surface area contributed by atoms with Gasteiger partial charge in [-0.05, 0) is 6.07 Å². The molecule has 0 saturated heterocycles. The van der Waals surface area contributed by atoms with Gasteiger partial charge in [0.2, 0.25) is 6.10 Å². The van der Waals surface area contributed by atoms with Crippen molar-refractivity contribution in [3.05, 3.63) is 34.4 Å². The molecule has 0 amide bonds. The van der Waals surface area contributed by atoms with Crippen molar-refractivity contribution in [1.82, 2.24) is 0 Å². The number of nitro benzene ring substituents is 1. The lowest BCUT2D eigenvalue weighted by atomic mass is 10.2. The van der Waals surface area contributed by atoms with Crippen molar-refractivity contribution in [2.24, 2.45) is 0 Å². The number of carboxylic acid groups (broad SMARTS) is 2. The average Bonchev–Trinajstić information content (AvgIpc) is 2.27. The molecule has 0 aliphatic carbocycles. The largest absolute Gasteiger partial charge is 0.481 e. The third-order valence-corrected chi connectivity index (χ3v) is 1.97. The Hall–Kier alpha value is -2.64. The van der Waals surface area contributed by atoms with Gasteiger partial charge in [-0.25, -0.2) is 4.79 Å². The first-order chi connectivity index (χ1) is 8.41. The summed E-state index contributed by atoms with van der Waals surface area (Å²) in [4.78, 5) is 31.1. The maximum atomic E-state index is 10.8. The molecule has 0 aliphatic heterocycles. The molecule has 0 aliphatic rings. The second-order valence-corrected chi connectivity index (χ2v) is 3.27. The number of rotatable bonds is 6. The van der Waals surface area contributed by atoms with E-state index < -0.39 is 35.1 Å². The highest BCUT2D eigenvalue weighted by Crippen LogP contribution is 2.27. The SMILES string of the molecule is O=C(O)CC(Oc1ccccc1[N+](=O)[O-])C(=O)O. The van der Waals surface area contributed by atoms with Gasteiger partial charge in [0.15, 0.2) is 5.75 Å². The molecule has 0 bridgehead atoms. The van der Waals surface area contributed by atoms with E-state index in [0.717, 1.165) is 6.07 Å². The van der Waals surface area contributed by atoms with Crippen molar-refractivity contribution in [2.45, 2.75) is 12.5 Å². The van der Waals surface area contributed by atoms with E-state index in [9.17, 15) is 19.7 Å². The van der Waals surface area contributed by atoms with Crippen LogP contribution in [0, 0.1) is 10.1 Å². The maximum Gasteiger partial charge on any atom is 0.345 e. The van der Waals surface area contributed by atoms with Gasteiger partial charge in [0, 0.05) is 6.07 Å². The smallest absolute Gasteiger partial charge is 0.345 e. The maximum absolute atomic E-state index is 10.8. The van der Waals surface area contributed by atoms with Gasteiger partial charge in [-0.3, -0.25) is 14.9 Å². The van der Waals surface area contributed by atoms with Crippen molar-refractivity contribution in [3.8, 4) is 5.75 Å². The number of benzene rings is 1. The number of para-hydroxylation sites is 2. The second kappa shape index (κ2) is 5.62. The van der Waals surface area contributed by atoms with Crippen molar-refractivity contribution < 1.29 is 29.5 Å². The van der Waals surface area contributed by atoms with Crippen LogP contribution in [0.5, 0.6) is 5.75 Å².